The van der Waals surface area contributed by atoms with E-state index < -0.39 is 94.7 Å². The Hall–Kier alpha value is -2.85. The molecule has 246 valence electrons. The molecule has 0 bridgehead atoms. The molecule has 4 rings (SSSR count). The second-order valence-corrected chi connectivity index (χ2v) is 12.8. The molecular formula is C20H31N7O15P2. The van der Waals surface area contributed by atoms with Crippen molar-refractivity contribution in [1.82, 2.24) is 30.2 Å². The monoisotopic (exact) mass is 671 g/mol. The number of aromatic amines is 1. The molecule has 2 aliphatic rings. The van der Waals surface area contributed by atoms with Gasteiger partial charge in [0.1, 0.15) is 30.5 Å². The first-order valence-corrected chi connectivity index (χ1v) is 15.7. The maximum Gasteiger partial charge on any atom is 0.481 e. The van der Waals surface area contributed by atoms with E-state index in [1.54, 1.807) is 0 Å². The van der Waals surface area contributed by atoms with E-state index in [2.05, 4.69) is 29.9 Å². The van der Waals surface area contributed by atoms with Gasteiger partial charge in [-0.1, -0.05) is 0 Å². The van der Waals surface area contributed by atoms with Crippen LogP contribution in [0.5, 0.6) is 0 Å². The first-order valence-electron chi connectivity index (χ1n) is 12.7. The average Bonchev–Trinajstić information content (AvgIpc) is 3.42. The van der Waals surface area contributed by atoms with Crippen molar-refractivity contribution < 1.29 is 66.7 Å². The van der Waals surface area contributed by atoms with Gasteiger partial charge in [0, 0.05) is 13.8 Å². The Morgan fingerprint density at radius 1 is 1.11 bits per heavy atom. The minimum atomic E-state index is -5.49. The number of imidazole rings is 1. The molecule has 24 heteroatoms. The molecule has 2 aliphatic heterocycles. The number of nitrogen functional groups attached to an aromatic ring is 1. The number of aliphatic hydroxyl groups is 2. The van der Waals surface area contributed by atoms with Crippen LogP contribution in [-0.4, -0.2) is 112 Å². The molecule has 0 aliphatic carbocycles. The number of amides is 2. The lowest BCUT2D eigenvalue weighted by Crippen LogP contribution is -2.68. The number of aromatic nitrogens is 4. The Labute approximate surface area is 246 Å². The van der Waals surface area contributed by atoms with Crippen LogP contribution in [0.3, 0.4) is 0 Å². The maximum atomic E-state index is 12.3. The lowest BCUT2D eigenvalue weighted by molar-refractivity contribution is -0.264. The van der Waals surface area contributed by atoms with E-state index in [1.165, 1.54) is 13.8 Å². The fraction of sp³-hybridized carbons (Fsp3) is 0.650. The van der Waals surface area contributed by atoms with Gasteiger partial charge in [0.2, 0.25) is 17.8 Å². The van der Waals surface area contributed by atoms with Crippen molar-refractivity contribution in [2.75, 3.05) is 12.3 Å². The van der Waals surface area contributed by atoms with Gasteiger partial charge in [0.25, 0.3) is 5.56 Å². The van der Waals surface area contributed by atoms with Crippen molar-refractivity contribution in [3.05, 3.63) is 16.7 Å². The smallest absolute Gasteiger partial charge is 0.389 e. The maximum absolute atomic E-state index is 12.3. The van der Waals surface area contributed by atoms with Gasteiger partial charge < -0.3 is 55.5 Å². The number of hydrogen-bond donors (Lipinski definition) is 9. The molecule has 10 N–H and O–H groups in total. The second-order valence-electron chi connectivity index (χ2n) is 9.92. The first-order chi connectivity index (χ1) is 20.4. The topological polar surface area (TPSA) is 329 Å². The normalized spacial score (nSPS) is 32.3. The zero-order valence-electron chi connectivity index (χ0n) is 23.1. The number of anilines is 1. The van der Waals surface area contributed by atoms with Crippen molar-refractivity contribution in [2.24, 2.45) is 0 Å². The zero-order valence-corrected chi connectivity index (χ0v) is 24.9. The van der Waals surface area contributed by atoms with Crippen LogP contribution < -0.4 is 21.9 Å². The van der Waals surface area contributed by atoms with Gasteiger partial charge in [-0.05, 0) is 6.92 Å². The number of carbonyl (C=O) groups excluding carboxylic acids is 2. The van der Waals surface area contributed by atoms with E-state index in [0.717, 1.165) is 17.8 Å². The summed E-state index contributed by atoms with van der Waals surface area (Å²) >= 11 is 0. The summed E-state index contributed by atoms with van der Waals surface area (Å²) < 4.78 is 50.5. The van der Waals surface area contributed by atoms with E-state index in [4.69, 9.17) is 34.3 Å². The summed E-state index contributed by atoms with van der Waals surface area (Å²) in [7, 11) is -10.9. The molecule has 2 fully saturated rings. The molecule has 0 radical (unpaired) electrons. The quantitative estimate of drug-likeness (QED) is 0.112. The first kappa shape index (κ1) is 34.0. The molecule has 2 aromatic heterocycles. The zero-order chi connectivity index (χ0) is 32.7. The Kier molecular flexibility index (Phi) is 9.95. The highest BCUT2D eigenvalue weighted by atomic mass is 31.3. The predicted octanol–water partition coefficient (Wildman–Crippen LogP) is -3.31. The third-order valence-electron chi connectivity index (χ3n) is 6.56. The van der Waals surface area contributed by atoms with Crippen molar-refractivity contribution >= 4 is 44.6 Å². The minimum Gasteiger partial charge on any atom is -0.389 e. The van der Waals surface area contributed by atoms with Gasteiger partial charge >= 0.3 is 15.6 Å². The summed E-state index contributed by atoms with van der Waals surface area (Å²) in [6, 6.07) is -2.35. The number of rotatable bonds is 10. The number of nitrogens with zero attached hydrogens (tertiary/aromatic N) is 3. The van der Waals surface area contributed by atoms with Gasteiger partial charge in [0.15, 0.2) is 23.7 Å². The molecule has 0 saturated carbocycles. The number of carbonyl (C=O) groups is 2. The molecule has 22 nitrogen and oxygen atoms in total. The van der Waals surface area contributed by atoms with Crippen LogP contribution in [-0.2, 0) is 41.8 Å². The Bertz CT molecular complexity index is 1550. The molecule has 1 unspecified atom stereocenters. The van der Waals surface area contributed by atoms with Gasteiger partial charge in [-0.3, -0.25) is 28.5 Å². The van der Waals surface area contributed by atoms with E-state index >= 15 is 0 Å². The van der Waals surface area contributed by atoms with Crippen LogP contribution in [0.2, 0.25) is 0 Å². The lowest BCUT2D eigenvalue weighted by atomic mass is 9.94. The highest BCUT2D eigenvalue weighted by Gasteiger charge is 2.52. The van der Waals surface area contributed by atoms with E-state index in [1.807, 2.05) is 0 Å². The number of nitrogens with two attached hydrogens (primary N) is 1. The molecule has 4 heterocycles. The van der Waals surface area contributed by atoms with Crippen LogP contribution >= 0.6 is 15.6 Å². The fourth-order valence-corrected chi connectivity index (χ4v) is 6.45. The Morgan fingerprint density at radius 3 is 2.36 bits per heavy atom. The molecule has 0 spiro atoms. The van der Waals surface area contributed by atoms with Crippen LogP contribution in [0.1, 0.15) is 27.0 Å². The lowest BCUT2D eigenvalue weighted by Gasteiger charge is -2.44. The number of hydrogen-bond acceptors (Lipinski definition) is 15. The summed E-state index contributed by atoms with van der Waals surface area (Å²) in [6.45, 7) is 2.85. The molecule has 10 atom stereocenters. The summed E-state index contributed by atoms with van der Waals surface area (Å²) in [5.74, 6) is -1.43. The van der Waals surface area contributed by atoms with Gasteiger partial charge in [0.05, 0.1) is 25.1 Å². The van der Waals surface area contributed by atoms with E-state index in [-0.39, 0.29) is 17.1 Å². The molecule has 2 aromatic rings. The highest BCUT2D eigenvalue weighted by Crippen LogP contribution is 2.57. The summed E-state index contributed by atoms with van der Waals surface area (Å²) in [5, 5.41) is 27.4. The fourth-order valence-electron chi connectivity index (χ4n) is 4.85. The Balaban J connectivity index is 1.67. The third-order valence-corrected chi connectivity index (χ3v) is 8.71. The number of phosphoric acid groups is 2. The van der Waals surface area contributed by atoms with Gasteiger partial charge in [-0.25, -0.2) is 14.1 Å². The number of fused-ring (bicyclic) bond motifs is 1. The number of nitrogens with one attached hydrogen (secondary N) is 3. The van der Waals surface area contributed by atoms with Crippen LogP contribution in [0, 0.1) is 0 Å². The number of ether oxygens (including phenoxy) is 3. The van der Waals surface area contributed by atoms with Gasteiger partial charge in [-0.15, -0.1) is 0 Å². The van der Waals surface area contributed by atoms with Crippen LogP contribution in [0.4, 0.5) is 5.95 Å². The molecule has 2 amide bonds. The van der Waals surface area contributed by atoms with E-state index in [0.29, 0.717) is 0 Å². The van der Waals surface area contributed by atoms with Crippen molar-refractivity contribution in [2.45, 2.75) is 75.9 Å². The Morgan fingerprint density at radius 2 is 1.75 bits per heavy atom. The molecular weight excluding hydrogens is 640 g/mol. The summed E-state index contributed by atoms with van der Waals surface area (Å²) in [5.41, 5.74) is 4.60. The van der Waals surface area contributed by atoms with Crippen LogP contribution in [0.15, 0.2) is 11.1 Å². The minimum absolute atomic E-state index is 0.138. The van der Waals surface area contributed by atoms with Crippen molar-refractivity contribution in [3.8, 4) is 0 Å². The van der Waals surface area contributed by atoms with Crippen molar-refractivity contribution in [1.29, 1.82) is 0 Å². The average molecular weight is 671 g/mol. The highest BCUT2D eigenvalue weighted by molar-refractivity contribution is 7.60. The number of H-pyrrole nitrogens is 1. The predicted molar refractivity (Wildman–Crippen MR) is 142 cm³/mol. The number of aliphatic hydroxyl groups excluding tert-OH is 2. The van der Waals surface area contributed by atoms with Crippen molar-refractivity contribution in [3.63, 3.8) is 0 Å². The summed E-state index contributed by atoms with van der Waals surface area (Å²) in [6.07, 6.45) is -9.24. The SMILES string of the molecule is CC(=O)N[C@@H]1[C@@H](O[C@H]2[C@@H](O)[C@H](n3cnc4c(=O)[nH]c(N)nc43)O[C@@H]2COP(=O)(O)OP(=O)(O)O)O[C@H](C)[C@H](NC(C)=O)[C@@H]1O. The molecule has 0 aromatic carbocycles. The molecule has 44 heavy (non-hydrogen) atoms. The van der Waals surface area contributed by atoms with E-state index in [9.17, 15) is 38.6 Å². The molecule has 2 saturated heterocycles. The van der Waals surface area contributed by atoms with Crippen LogP contribution in [0.25, 0.3) is 11.2 Å². The largest absolute Gasteiger partial charge is 0.481 e. The standard InChI is InChI=1S/C20H31N7O15P2/c1-6-10(23-7(2)28)13(30)11(24-8(3)29)19(39-6)41-15-9(4-38-44(36,37)42-43(33,34)35)40-18(14(15)31)27-5-22-12-16(27)25-20(21)26-17(12)32/h5-6,9-11,13-15,18-19,30-31H,4H2,1-3H3,(H,23,28)(H,24,29)(H,36,37)(H2,33,34,35)(H3,21,25,26,32)/t6-,9-,10+,11+,13+,14-,15-,18-,19-/m1/s1. The second kappa shape index (κ2) is 12.9. The third kappa shape index (κ3) is 7.68. The summed E-state index contributed by atoms with van der Waals surface area (Å²) in [4.78, 5) is 73.8. The van der Waals surface area contributed by atoms with Gasteiger partial charge in [-0.2, -0.15) is 9.29 Å². The number of phosphoric ester groups is 1.